The lowest BCUT2D eigenvalue weighted by molar-refractivity contribution is -0.181. The lowest BCUT2D eigenvalue weighted by Crippen LogP contribution is -2.46. The second-order valence-corrected chi connectivity index (χ2v) is 7.41. The van der Waals surface area contributed by atoms with Gasteiger partial charge in [0.1, 0.15) is 0 Å². The number of benzene rings is 1. The summed E-state index contributed by atoms with van der Waals surface area (Å²) in [5.41, 5.74) is 1.38. The first kappa shape index (κ1) is 17.6. The van der Waals surface area contributed by atoms with Crippen molar-refractivity contribution in [2.24, 2.45) is 0 Å². The molecule has 1 aromatic heterocycles. The van der Waals surface area contributed by atoms with E-state index in [4.69, 9.17) is 4.84 Å². The van der Waals surface area contributed by atoms with E-state index >= 15 is 0 Å². The number of aliphatic hydroxyl groups is 1. The van der Waals surface area contributed by atoms with E-state index in [2.05, 4.69) is 22.5 Å². The van der Waals surface area contributed by atoms with Crippen molar-refractivity contribution in [3.05, 3.63) is 58.3 Å². The Morgan fingerprint density at radius 3 is 2.67 bits per heavy atom. The minimum atomic E-state index is -0.805. The van der Waals surface area contributed by atoms with E-state index in [1.165, 1.54) is 5.56 Å². The Hall–Kier alpha value is -1.24. The van der Waals surface area contributed by atoms with Gasteiger partial charge in [-0.3, -0.25) is 4.84 Å². The SMILES string of the molecule is CC(O)(CNC1CCN(OCc2ccccc2)CC1)c1ccsc1. The maximum absolute atomic E-state index is 10.6. The maximum atomic E-state index is 10.6. The highest BCUT2D eigenvalue weighted by Crippen LogP contribution is 2.23. The van der Waals surface area contributed by atoms with Crippen molar-refractivity contribution in [1.29, 1.82) is 0 Å². The molecule has 1 fully saturated rings. The average molecular weight is 346 g/mol. The standard InChI is InChI=1S/C19H26N2O2S/c1-19(22,17-9-12-24-14-17)15-20-18-7-10-21(11-8-18)23-13-16-5-3-2-4-6-16/h2-6,9,12,14,18,20,22H,7-8,10-11,13,15H2,1H3. The molecule has 0 saturated carbocycles. The third-order valence-electron chi connectivity index (χ3n) is 4.59. The van der Waals surface area contributed by atoms with Gasteiger partial charge in [0.2, 0.25) is 0 Å². The van der Waals surface area contributed by atoms with Crippen LogP contribution in [0, 0.1) is 0 Å². The fourth-order valence-electron chi connectivity index (χ4n) is 2.95. The fraction of sp³-hybridized carbons (Fsp3) is 0.474. The molecule has 24 heavy (non-hydrogen) atoms. The van der Waals surface area contributed by atoms with Crippen LogP contribution in [0.2, 0.25) is 0 Å². The Morgan fingerprint density at radius 2 is 2.00 bits per heavy atom. The van der Waals surface area contributed by atoms with Gasteiger partial charge in [0, 0.05) is 25.7 Å². The molecule has 2 N–H and O–H groups in total. The minimum absolute atomic E-state index is 0.437. The van der Waals surface area contributed by atoms with Crippen LogP contribution in [0.4, 0.5) is 0 Å². The Bertz CT molecular complexity index is 593. The summed E-state index contributed by atoms with van der Waals surface area (Å²) in [5.74, 6) is 0. The zero-order valence-corrected chi connectivity index (χ0v) is 15.0. The largest absolute Gasteiger partial charge is 0.384 e. The summed E-state index contributed by atoms with van der Waals surface area (Å²) in [7, 11) is 0. The summed E-state index contributed by atoms with van der Waals surface area (Å²) >= 11 is 1.62. The number of rotatable bonds is 7. The summed E-state index contributed by atoms with van der Waals surface area (Å²) in [6.07, 6.45) is 2.07. The molecule has 0 amide bonds. The molecule has 2 aromatic rings. The van der Waals surface area contributed by atoms with Gasteiger partial charge in [0.25, 0.3) is 0 Å². The second kappa shape index (κ2) is 8.23. The molecule has 1 aliphatic rings. The predicted octanol–water partition coefficient (Wildman–Crippen LogP) is 3.14. The van der Waals surface area contributed by atoms with Gasteiger partial charge in [-0.1, -0.05) is 30.3 Å². The number of hydrogen-bond donors (Lipinski definition) is 2. The second-order valence-electron chi connectivity index (χ2n) is 6.63. The molecule has 130 valence electrons. The van der Waals surface area contributed by atoms with Crippen molar-refractivity contribution in [3.8, 4) is 0 Å². The molecule has 0 spiro atoms. The van der Waals surface area contributed by atoms with Gasteiger partial charge in [0.15, 0.2) is 0 Å². The van der Waals surface area contributed by atoms with Crippen molar-refractivity contribution >= 4 is 11.3 Å². The zero-order valence-electron chi connectivity index (χ0n) is 14.1. The Balaban J connectivity index is 1.38. The first-order valence-electron chi connectivity index (χ1n) is 8.54. The van der Waals surface area contributed by atoms with E-state index in [0.717, 1.165) is 31.5 Å². The smallest absolute Gasteiger partial charge is 0.1000 e. The molecule has 1 aliphatic heterocycles. The van der Waals surface area contributed by atoms with Crippen LogP contribution >= 0.6 is 11.3 Å². The van der Waals surface area contributed by atoms with Crippen molar-refractivity contribution < 1.29 is 9.94 Å². The van der Waals surface area contributed by atoms with Crippen molar-refractivity contribution in [1.82, 2.24) is 10.4 Å². The molecule has 1 atom stereocenters. The summed E-state index contributed by atoms with van der Waals surface area (Å²) < 4.78 is 0. The van der Waals surface area contributed by atoms with Gasteiger partial charge in [-0.2, -0.15) is 16.4 Å². The molecule has 3 rings (SSSR count). The summed E-state index contributed by atoms with van der Waals surface area (Å²) in [5, 5.41) is 20.2. The number of piperidine rings is 1. The summed E-state index contributed by atoms with van der Waals surface area (Å²) in [6.45, 7) is 4.93. The third kappa shape index (κ3) is 4.88. The van der Waals surface area contributed by atoms with Crippen LogP contribution in [0.5, 0.6) is 0 Å². The highest BCUT2D eigenvalue weighted by atomic mass is 32.1. The van der Waals surface area contributed by atoms with Gasteiger partial charge in [-0.15, -0.1) is 0 Å². The van der Waals surface area contributed by atoms with Crippen LogP contribution in [0.1, 0.15) is 30.9 Å². The normalized spacial score (nSPS) is 19.2. The number of hydrogen-bond acceptors (Lipinski definition) is 5. The fourth-order valence-corrected chi connectivity index (χ4v) is 3.73. The third-order valence-corrected chi connectivity index (χ3v) is 5.27. The van der Waals surface area contributed by atoms with E-state index in [1.807, 2.05) is 41.9 Å². The van der Waals surface area contributed by atoms with Crippen molar-refractivity contribution in [2.45, 2.75) is 38.0 Å². The summed E-state index contributed by atoms with van der Waals surface area (Å²) in [6, 6.07) is 12.7. The number of hydroxylamine groups is 2. The number of nitrogens with one attached hydrogen (secondary N) is 1. The molecule has 1 unspecified atom stereocenters. The molecule has 1 saturated heterocycles. The lowest BCUT2D eigenvalue weighted by atomic mass is 9.97. The van der Waals surface area contributed by atoms with Gasteiger partial charge in [0.05, 0.1) is 12.2 Å². The molecule has 1 aromatic carbocycles. The van der Waals surface area contributed by atoms with E-state index in [1.54, 1.807) is 11.3 Å². The van der Waals surface area contributed by atoms with Crippen LogP contribution in [0.15, 0.2) is 47.2 Å². The van der Waals surface area contributed by atoms with Crippen molar-refractivity contribution in [3.63, 3.8) is 0 Å². The Morgan fingerprint density at radius 1 is 1.25 bits per heavy atom. The van der Waals surface area contributed by atoms with E-state index in [9.17, 15) is 5.11 Å². The minimum Gasteiger partial charge on any atom is -0.384 e. The predicted molar refractivity (Wildman–Crippen MR) is 97.7 cm³/mol. The van der Waals surface area contributed by atoms with Gasteiger partial charge in [-0.05, 0) is 47.7 Å². The molecule has 2 heterocycles. The average Bonchev–Trinajstić information content (AvgIpc) is 3.16. The first-order valence-corrected chi connectivity index (χ1v) is 9.48. The molecule has 5 heteroatoms. The summed E-state index contributed by atoms with van der Waals surface area (Å²) in [4.78, 5) is 5.88. The van der Waals surface area contributed by atoms with Gasteiger partial charge in [-0.25, -0.2) is 0 Å². The Kier molecular flexibility index (Phi) is 6.03. The Labute approximate surface area is 148 Å². The molecular formula is C19H26N2O2S. The maximum Gasteiger partial charge on any atom is 0.1000 e. The van der Waals surface area contributed by atoms with Gasteiger partial charge < -0.3 is 10.4 Å². The van der Waals surface area contributed by atoms with Crippen LogP contribution in [-0.2, 0) is 17.0 Å². The molecule has 0 bridgehead atoms. The monoisotopic (exact) mass is 346 g/mol. The molecule has 0 aliphatic carbocycles. The molecule has 0 radical (unpaired) electrons. The van der Waals surface area contributed by atoms with Crippen LogP contribution in [0.25, 0.3) is 0 Å². The molecular weight excluding hydrogens is 320 g/mol. The topological polar surface area (TPSA) is 44.7 Å². The first-order chi connectivity index (χ1) is 11.6. The van der Waals surface area contributed by atoms with E-state index < -0.39 is 5.60 Å². The molecule has 4 nitrogen and oxygen atoms in total. The van der Waals surface area contributed by atoms with Crippen molar-refractivity contribution in [2.75, 3.05) is 19.6 Å². The zero-order chi connectivity index (χ0) is 16.8. The lowest BCUT2D eigenvalue weighted by Gasteiger charge is -2.33. The van der Waals surface area contributed by atoms with Crippen LogP contribution in [-0.4, -0.2) is 35.8 Å². The van der Waals surface area contributed by atoms with E-state index in [-0.39, 0.29) is 0 Å². The highest BCUT2D eigenvalue weighted by Gasteiger charge is 2.26. The number of thiophene rings is 1. The van der Waals surface area contributed by atoms with Crippen LogP contribution < -0.4 is 5.32 Å². The van der Waals surface area contributed by atoms with Crippen LogP contribution in [0.3, 0.4) is 0 Å². The quantitative estimate of drug-likeness (QED) is 0.808. The van der Waals surface area contributed by atoms with E-state index in [0.29, 0.717) is 19.2 Å². The van der Waals surface area contributed by atoms with Gasteiger partial charge >= 0.3 is 0 Å². The number of nitrogens with zero attached hydrogens (tertiary/aromatic N) is 1. The highest BCUT2D eigenvalue weighted by molar-refractivity contribution is 7.08.